The Morgan fingerprint density at radius 2 is 1.37 bits per heavy atom. The second-order valence-corrected chi connectivity index (χ2v) is 10.8. The third-order valence-corrected chi connectivity index (χ3v) is 6.38. The van der Waals surface area contributed by atoms with E-state index in [1.54, 1.807) is 31.4 Å². The number of ether oxygens (including phenoxy) is 1. The van der Waals surface area contributed by atoms with Crippen LogP contribution in [-0.4, -0.2) is 32.7 Å². The summed E-state index contributed by atoms with van der Waals surface area (Å²) in [6.07, 6.45) is 7.71. The van der Waals surface area contributed by atoms with Crippen molar-refractivity contribution >= 4 is 55.2 Å². The zero-order valence-corrected chi connectivity index (χ0v) is 23.8. The standard InChI is InChI=1S/C16H20N2O3.C12H13BrN2O2/c1-12(2)11-17-7-6-14-10-15(18(19)20)9-13(16(14)17)5-4-8-21-3;1-8(2)7-14-4-3-9-5-10(15(16)17)6-11(13)12(9)14/h4-7,9-10,12H,8,11H2,1-3H3;3-6,8H,7H2,1-2H3/b5-4+;. The lowest BCUT2D eigenvalue weighted by atomic mass is 10.1. The van der Waals surface area contributed by atoms with Gasteiger partial charge in [-0.25, -0.2) is 0 Å². The van der Waals surface area contributed by atoms with E-state index in [-0.39, 0.29) is 21.2 Å². The average Bonchev–Trinajstić information content (AvgIpc) is 3.43. The molecule has 0 aliphatic carbocycles. The minimum absolute atomic E-state index is 0.113. The fourth-order valence-corrected chi connectivity index (χ4v) is 5.04. The first kappa shape index (κ1) is 29.1. The van der Waals surface area contributed by atoms with Gasteiger partial charge in [0.2, 0.25) is 0 Å². The number of benzene rings is 2. The summed E-state index contributed by atoms with van der Waals surface area (Å²) in [5.41, 5.74) is 3.13. The molecule has 2 aromatic carbocycles. The number of fused-ring (bicyclic) bond motifs is 2. The number of halogens is 1. The molecule has 0 bridgehead atoms. The van der Waals surface area contributed by atoms with Crippen molar-refractivity contribution in [2.45, 2.75) is 40.8 Å². The zero-order chi connectivity index (χ0) is 28.0. The number of nitrogens with zero attached hydrogens (tertiary/aromatic N) is 4. The molecule has 0 atom stereocenters. The van der Waals surface area contributed by atoms with E-state index in [1.807, 2.05) is 36.7 Å². The molecule has 0 N–H and O–H groups in total. The minimum atomic E-state index is -0.371. The lowest BCUT2D eigenvalue weighted by Gasteiger charge is -2.10. The maximum absolute atomic E-state index is 11.1. The number of methoxy groups -OCH3 is 1. The molecule has 10 heteroatoms. The van der Waals surface area contributed by atoms with Crippen molar-refractivity contribution in [1.82, 2.24) is 9.13 Å². The molecule has 0 fully saturated rings. The van der Waals surface area contributed by atoms with Crippen LogP contribution in [0.15, 0.2) is 59.3 Å². The van der Waals surface area contributed by atoms with Crippen molar-refractivity contribution in [3.8, 4) is 0 Å². The molecule has 0 unspecified atom stereocenters. The van der Waals surface area contributed by atoms with Crippen LogP contribution >= 0.6 is 15.9 Å². The van der Waals surface area contributed by atoms with Gasteiger partial charge in [0.1, 0.15) is 0 Å². The third kappa shape index (κ3) is 7.08. The molecule has 202 valence electrons. The van der Waals surface area contributed by atoms with Crippen molar-refractivity contribution in [1.29, 1.82) is 0 Å². The summed E-state index contributed by atoms with van der Waals surface area (Å²) < 4.78 is 10.0. The predicted molar refractivity (Wildman–Crippen MR) is 155 cm³/mol. The molecule has 0 radical (unpaired) electrons. The molecule has 4 rings (SSSR count). The Bertz CT molecular complexity index is 1470. The van der Waals surface area contributed by atoms with Crippen LogP contribution in [0.2, 0.25) is 0 Å². The van der Waals surface area contributed by atoms with Gasteiger partial charge in [-0.3, -0.25) is 20.2 Å². The van der Waals surface area contributed by atoms with E-state index in [9.17, 15) is 20.2 Å². The van der Waals surface area contributed by atoms with Crippen molar-refractivity contribution in [2.24, 2.45) is 11.8 Å². The van der Waals surface area contributed by atoms with E-state index in [4.69, 9.17) is 4.74 Å². The fraction of sp³-hybridized carbons (Fsp3) is 0.357. The minimum Gasteiger partial charge on any atom is -0.381 e. The molecule has 0 aliphatic heterocycles. The fourth-order valence-electron chi connectivity index (χ4n) is 4.35. The van der Waals surface area contributed by atoms with Crippen molar-refractivity contribution in [2.75, 3.05) is 13.7 Å². The number of rotatable bonds is 9. The number of hydrogen-bond acceptors (Lipinski definition) is 5. The molecule has 2 aromatic heterocycles. The van der Waals surface area contributed by atoms with Crippen LogP contribution < -0.4 is 0 Å². The predicted octanol–water partition coefficient (Wildman–Crippen LogP) is 7.83. The van der Waals surface area contributed by atoms with Crippen LogP contribution in [-0.2, 0) is 17.8 Å². The Hall–Kier alpha value is -3.50. The Kier molecular flexibility index (Phi) is 9.82. The van der Waals surface area contributed by atoms with E-state index in [0.717, 1.165) is 44.9 Å². The highest BCUT2D eigenvalue weighted by atomic mass is 79.9. The van der Waals surface area contributed by atoms with Gasteiger partial charge in [0.25, 0.3) is 11.4 Å². The third-order valence-electron chi connectivity index (χ3n) is 5.78. The highest BCUT2D eigenvalue weighted by molar-refractivity contribution is 9.10. The zero-order valence-electron chi connectivity index (χ0n) is 22.3. The smallest absolute Gasteiger partial charge is 0.271 e. The molecular weight excluding hydrogens is 552 g/mol. The highest BCUT2D eigenvalue weighted by Gasteiger charge is 2.15. The van der Waals surface area contributed by atoms with Gasteiger partial charge in [-0.1, -0.05) is 39.8 Å². The molecule has 4 aromatic rings. The van der Waals surface area contributed by atoms with Crippen LogP contribution in [0.4, 0.5) is 11.4 Å². The van der Waals surface area contributed by atoms with E-state index < -0.39 is 0 Å². The van der Waals surface area contributed by atoms with Crippen LogP contribution in [0.3, 0.4) is 0 Å². The van der Waals surface area contributed by atoms with Gasteiger partial charge < -0.3 is 13.9 Å². The van der Waals surface area contributed by atoms with Crippen molar-refractivity contribution in [3.05, 3.63) is 85.1 Å². The highest BCUT2D eigenvalue weighted by Crippen LogP contribution is 2.31. The van der Waals surface area contributed by atoms with Gasteiger partial charge in [0, 0.05) is 77.7 Å². The maximum Gasteiger partial charge on any atom is 0.271 e. The van der Waals surface area contributed by atoms with Crippen molar-refractivity contribution < 1.29 is 14.6 Å². The van der Waals surface area contributed by atoms with Gasteiger partial charge in [0.15, 0.2) is 0 Å². The monoisotopic (exact) mass is 584 g/mol. The second kappa shape index (κ2) is 12.8. The molecule has 9 nitrogen and oxygen atoms in total. The van der Waals surface area contributed by atoms with Crippen LogP contribution in [0, 0.1) is 32.1 Å². The summed E-state index contributed by atoms with van der Waals surface area (Å²) in [4.78, 5) is 21.1. The van der Waals surface area contributed by atoms with Crippen molar-refractivity contribution in [3.63, 3.8) is 0 Å². The topological polar surface area (TPSA) is 105 Å². The summed E-state index contributed by atoms with van der Waals surface area (Å²) >= 11 is 3.41. The Morgan fingerprint density at radius 3 is 1.87 bits per heavy atom. The molecule has 2 heterocycles. The number of nitro groups is 2. The van der Waals surface area contributed by atoms with E-state index in [1.165, 1.54) is 0 Å². The normalized spacial score (nSPS) is 11.6. The quantitative estimate of drug-likeness (QED) is 0.147. The van der Waals surface area contributed by atoms with Gasteiger partial charge in [-0.15, -0.1) is 0 Å². The summed E-state index contributed by atoms with van der Waals surface area (Å²) in [6, 6.07) is 10.2. The Balaban J connectivity index is 0.000000215. The van der Waals surface area contributed by atoms with Gasteiger partial charge >= 0.3 is 0 Å². The van der Waals surface area contributed by atoms with Crippen LogP contribution in [0.1, 0.15) is 33.3 Å². The largest absolute Gasteiger partial charge is 0.381 e. The molecule has 0 saturated carbocycles. The second-order valence-electron chi connectivity index (χ2n) is 9.93. The van der Waals surface area contributed by atoms with Gasteiger partial charge in [-0.2, -0.15) is 0 Å². The summed E-state index contributed by atoms with van der Waals surface area (Å²) in [5, 5.41) is 23.6. The lowest BCUT2D eigenvalue weighted by Crippen LogP contribution is -2.03. The molecule has 0 saturated heterocycles. The van der Waals surface area contributed by atoms with E-state index >= 15 is 0 Å². The van der Waals surface area contributed by atoms with Crippen LogP contribution in [0.5, 0.6) is 0 Å². The first-order chi connectivity index (χ1) is 18.0. The average molecular weight is 585 g/mol. The Labute approximate surface area is 230 Å². The lowest BCUT2D eigenvalue weighted by molar-refractivity contribution is -0.384. The summed E-state index contributed by atoms with van der Waals surface area (Å²) in [7, 11) is 1.62. The van der Waals surface area contributed by atoms with Crippen LogP contribution in [0.25, 0.3) is 27.9 Å². The SMILES string of the molecule is CC(C)Cn1ccc2cc([N+](=O)[O-])cc(Br)c21.COC/C=C/c1cc([N+](=O)[O-])cc2ccn(CC(C)C)c12. The van der Waals surface area contributed by atoms with E-state index in [0.29, 0.717) is 18.4 Å². The number of aromatic nitrogens is 2. The number of non-ortho nitro benzene ring substituents is 2. The first-order valence-electron chi connectivity index (χ1n) is 12.4. The molecule has 0 aliphatic rings. The van der Waals surface area contributed by atoms with Gasteiger partial charge in [0.05, 0.1) is 27.5 Å². The first-order valence-corrected chi connectivity index (χ1v) is 13.2. The Morgan fingerprint density at radius 1 is 0.868 bits per heavy atom. The summed E-state index contributed by atoms with van der Waals surface area (Å²) in [6.45, 7) is 10.9. The van der Waals surface area contributed by atoms with Gasteiger partial charge in [-0.05, 0) is 39.9 Å². The molecule has 0 amide bonds. The summed E-state index contributed by atoms with van der Waals surface area (Å²) in [5.74, 6) is 1.04. The maximum atomic E-state index is 11.1. The molecular formula is C28H33BrN4O5. The van der Waals surface area contributed by atoms with E-state index in [2.05, 4.69) is 52.8 Å². The number of hydrogen-bond donors (Lipinski definition) is 0. The molecule has 0 spiro atoms. The number of nitro benzene ring substituents is 2. The molecule has 38 heavy (non-hydrogen) atoms.